The minimum atomic E-state index is -0.245. The van der Waals surface area contributed by atoms with Gasteiger partial charge in [0.15, 0.2) is 11.0 Å². The van der Waals surface area contributed by atoms with E-state index >= 15 is 0 Å². The van der Waals surface area contributed by atoms with Gasteiger partial charge in [0.1, 0.15) is 0 Å². The topological polar surface area (TPSA) is 86.1 Å². The van der Waals surface area contributed by atoms with Crippen molar-refractivity contribution in [2.45, 2.75) is 51.1 Å². The highest BCUT2D eigenvalue weighted by atomic mass is 32.2. The summed E-state index contributed by atoms with van der Waals surface area (Å²) < 4.78 is 6.87. The molecule has 1 aromatic heterocycles. The molecule has 2 aromatic carbocycles. The van der Waals surface area contributed by atoms with Crippen LogP contribution in [0.1, 0.15) is 46.1 Å². The van der Waals surface area contributed by atoms with Crippen LogP contribution < -0.4 is 5.32 Å². The highest BCUT2D eigenvalue weighted by Crippen LogP contribution is 2.30. The summed E-state index contributed by atoms with van der Waals surface area (Å²) in [4.78, 5) is 23.7. The van der Waals surface area contributed by atoms with Crippen LogP contribution in [0.3, 0.4) is 0 Å². The Hall–Kier alpha value is -3.13. The number of hydrogen-bond donors (Lipinski definition) is 1. The number of nitrogens with one attached hydrogen (secondary N) is 1. The first-order chi connectivity index (χ1) is 16.3. The molecule has 0 unspecified atom stereocenters. The van der Waals surface area contributed by atoms with Gasteiger partial charge in [-0.15, -0.1) is 10.2 Å². The van der Waals surface area contributed by atoms with E-state index in [4.69, 9.17) is 4.74 Å². The fraction of sp³-hybridized carbons (Fsp3) is 0.385. The number of ether oxygens (including phenoxy) is 1. The molecule has 0 saturated heterocycles. The van der Waals surface area contributed by atoms with Gasteiger partial charge in [-0.3, -0.25) is 14.2 Å². The zero-order valence-corrected chi connectivity index (χ0v) is 21.0. The van der Waals surface area contributed by atoms with Crippen LogP contribution in [-0.4, -0.2) is 45.5 Å². The summed E-state index contributed by atoms with van der Waals surface area (Å²) >= 11 is 1.33. The zero-order chi connectivity index (χ0) is 24.6. The third kappa shape index (κ3) is 6.93. The maximum Gasteiger partial charge on any atom is 0.305 e. The van der Waals surface area contributed by atoms with Crippen LogP contribution in [0.15, 0.2) is 59.8 Å². The van der Waals surface area contributed by atoms with E-state index in [-0.39, 0.29) is 23.0 Å². The Morgan fingerprint density at radius 2 is 1.74 bits per heavy atom. The molecule has 0 fully saturated rings. The van der Waals surface area contributed by atoms with Crippen LogP contribution >= 0.6 is 11.8 Å². The fourth-order valence-corrected chi connectivity index (χ4v) is 4.14. The number of carbonyl (C=O) groups is 2. The molecule has 0 saturated carbocycles. The quantitative estimate of drug-likeness (QED) is 0.255. The Morgan fingerprint density at radius 1 is 1.03 bits per heavy atom. The number of benzene rings is 2. The molecule has 7 nitrogen and oxygen atoms in total. The van der Waals surface area contributed by atoms with E-state index in [0.717, 1.165) is 17.1 Å². The third-order valence-corrected chi connectivity index (χ3v) is 6.10. The first-order valence-electron chi connectivity index (χ1n) is 11.5. The molecule has 3 aromatic rings. The van der Waals surface area contributed by atoms with Gasteiger partial charge in [-0.25, -0.2) is 0 Å². The van der Waals surface area contributed by atoms with E-state index in [1.165, 1.54) is 17.3 Å². The predicted octanol–water partition coefficient (Wildman–Crippen LogP) is 4.78. The lowest BCUT2D eigenvalue weighted by Gasteiger charge is -2.19. The summed E-state index contributed by atoms with van der Waals surface area (Å²) in [5, 5.41) is 12.3. The second-order valence-corrected chi connectivity index (χ2v) is 9.79. The van der Waals surface area contributed by atoms with Gasteiger partial charge in [0, 0.05) is 24.2 Å². The number of thioether (sulfide) groups is 1. The molecule has 0 aliphatic heterocycles. The average molecular weight is 481 g/mol. The Balaban J connectivity index is 1.71. The first-order valence-corrected chi connectivity index (χ1v) is 12.4. The molecule has 0 radical (unpaired) electrons. The second-order valence-electron chi connectivity index (χ2n) is 8.85. The molecular weight excluding hydrogens is 448 g/mol. The molecule has 1 heterocycles. The van der Waals surface area contributed by atoms with Crippen molar-refractivity contribution in [2.24, 2.45) is 0 Å². The molecule has 0 bridgehead atoms. The van der Waals surface area contributed by atoms with Crippen molar-refractivity contribution in [3.63, 3.8) is 0 Å². The van der Waals surface area contributed by atoms with Gasteiger partial charge in [-0.1, -0.05) is 75.0 Å². The lowest BCUT2D eigenvalue weighted by Crippen LogP contribution is -2.26. The van der Waals surface area contributed by atoms with E-state index in [1.54, 1.807) is 6.92 Å². The number of amides is 1. The molecule has 8 heteroatoms. The first kappa shape index (κ1) is 25.5. The van der Waals surface area contributed by atoms with Crippen molar-refractivity contribution in [2.75, 3.05) is 18.9 Å². The number of carbonyl (C=O) groups excluding carboxylic acids is 2. The Labute approximate surface area is 205 Å². The van der Waals surface area contributed by atoms with E-state index in [1.807, 2.05) is 34.9 Å². The molecule has 0 aliphatic carbocycles. The summed E-state index contributed by atoms with van der Waals surface area (Å²) in [6.07, 6.45) is 0.838. The summed E-state index contributed by atoms with van der Waals surface area (Å²) in [7, 11) is 0. The van der Waals surface area contributed by atoms with E-state index in [0.29, 0.717) is 31.1 Å². The van der Waals surface area contributed by atoms with E-state index in [2.05, 4.69) is 60.6 Å². The molecular formula is C26H32N4O3S. The van der Waals surface area contributed by atoms with Crippen molar-refractivity contribution in [1.29, 1.82) is 0 Å². The van der Waals surface area contributed by atoms with Crippen LogP contribution in [-0.2, 0) is 19.7 Å². The highest BCUT2D eigenvalue weighted by molar-refractivity contribution is 7.99. The maximum atomic E-state index is 12.3. The van der Waals surface area contributed by atoms with Crippen LogP contribution in [0.5, 0.6) is 0 Å². The van der Waals surface area contributed by atoms with Gasteiger partial charge < -0.3 is 10.1 Å². The molecule has 1 N–H and O–H groups in total. The number of hydrogen-bond acceptors (Lipinski definition) is 6. The maximum absolute atomic E-state index is 12.3. The number of rotatable bonds is 10. The average Bonchev–Trinajstić information content (AvgIpc) is 3.25. The lowest BCUT2D eigenvalue weighted by atomic mass is 9.87. The van der Waals surface area contributed by atoms with E-state index < -0.39 is 0 Å². The fourth-order valence-electron chi connectivity index (χ4n) is 3.35. The Bertz CT molecular complexity index is 1090. The zero-order valence-electron chi connectivity index (χ0n) is 20.2. The largest absolute Gasteiger partial charge is 0.466 e. The number of esters is 1. The van der Waals surface area contributed by atoms with Crippen molar-refractivity contribution >= 4 is 23.6 Å². The smallest absolute Gasteiger partial charge is 0.305 e. The number of nitrogens with zero attached hydrogens (tertiary/aromatic N) is 3. The summed E-state index contributed by atoms with van der Waals surface area (Å²) in [5.74, 6) is 0.564. The predicted molar refractivity (Wildman–Crippen MR) is 135 cm³/mol. The third-order valence-electron chi connectivity index (χ3n) is 5.17. The molecule has 34 heavy (non-hydrogen) atoms. The standard InChI is InChI=1S/C26H32N4O3S/c1-5-33-23(32)12-9-17-27-22(31)18-34-25-29-28-24(30(25)21-10-7-6-8-11-21)19-13-15-20(16-14-19)26(2,3)4/h6-8,10-11,13-16H,5,9,12,17-18H2,1-4H3,(H,27,31). The van der Waals surface area contributed by atoms with Crippen molar-refractivity contribution in [3.8, 4) is 17.1 Å². The molecule has 0 aliphatic rings. The minimum Gasteiger partial charge on any atom is -0.466 e. The molecule has 1 amide bonds. The normalized spacial score (nSPS) is 11.3. The second kappa shape index (κ2) is 11.8. The molecule has 180 valence electrons. The highest BCUT2D eigenvalue weighted by Gasteiger charge is 2.19. The Kier molecular flexibility index (Phi) is 8.87. The lowest BCUT2D eigenvalue weighted by molar-refractivity contribution is -0.143. The van der Waals surface area contributed by atoms with Crippen molar-refractivity contribution in [3.05, 3.63) is 60.2 Å². The Morgan fingerprint density at radius 3 is 2.38 bits per heavy atom. The van der Waals surface area contributed by atoms with Gasteiger partial charge in [-0.05, 0) is 36.5 Å². The number of aromatic nitrogens is 3. The SMILES string of the molecule is CCOC(=O)CCCNC(=O)CSc1nnc(-c2ccc(C(C)(C)C)cc2)n1-c1ccccc1. The van der Waals surface area contributed by atoms with Crippen molar-refractivity contribution < 1.29 is 14.3 Å². The molecule has 3 rings (SSSR count). The van der Waals surface area contributed by atoms with Gasteiger partial charge in [0.05, 0.1) is 12.4 Å². The van der Waals surface area contributed by atoms with Gasteiger partial charge >= 0.3 is 5.97 Å². The minimum absolute atomic E-state index is 0.0658. The van der Waals surface area contributed by atoms with Gasteiger partial charge in [0.2, 0.25) is 5.91 Å². The summed E-state index contributed by atoms with van der Waals surface area (Å²) in [5.41, 5.74) is 3.20. The van der Waals surface area contributed by atoms with E-state index in [9.17, 15) is 9.59 Å². The van der Waals surface area contributed by atoms with Gasteiger partial charge in [0.25, 0.3) is 0 Å². The van der Waals surface area contributed by atoms with Crippen LogP contribution in [0.4, 0.5) is 0 Å². The van der Waals surface area contributed by atoms with Crippen molar-refractivity contribution in [1.82, 2.24) is 20.1 Å². The van der Waals surface area contributed by atoms with Crippen LogP contribution in [0.2, 0.25) is 0 Å². The van der Waals surface area contributed by atoms with Crippen LogP contribution in [0.25, 0.3) is 17.1 Å². The van der Waals surface area contributed by atoms with Crippen LogP contribution in [0, 0.1) is 0 Å². The molecule has 0 atom stereocenters. The monoisotopic (exact) mass is 480 g/mol. The summed E-state index contributed by atoms with van der Waals surface area (Å²) in [6, 6.07) is 18.3. The van der Waals surface area contributed by atoms with Gasteiger partial charge in [-0.2, -0.15) is 0 Å². The number of para-hydroxylation sites is 1. The molecule has 0 spiro atoms. The summed E-state index contributed by atoms with van der Waals surface area (Å²) in [6.45, 7) is 9.13.